The Hall–Kier alpha value is -5.17. The summed E-state index contributed by atoms with van der Waals surface area (Å²) in [4.78, 5) is 15.0. The van der Waals surface area contributed by atoms with E-state index in [1.807, 2.05) is 47.2 Å². The molecule has 1 N–H and O–H groups in total. The Bertz CT molecular complexity index is 2490. The molecule has 0 unspecified atom stereocenters. The first-order chi connectivity index (χ1) is 24.2. The molecule has 0 aliphatic heterocycles. The predicted octanol–water partition coefficient (Wildman–Crippen LogP) is 11.6. The topological polar surface area (TPSA) is 77.5 Å². The number of phenols is 1. The number of aromatic hydroxyl groups is 1. The Morgan fingerprint density at radius 3 is 1.96 bits per heavy atom. The molecule has 7 heteroatoms. The molecule has 3 aromatic carbocycles. The zero-order valence-electron chi connectivity index (χ0n) is 32.7. The quantitative estimate of drug-likeness (QED) is 0.199. The number of rotatable bonds is 4. The normalized spacial score (nSPS) is 13.1. The van der Waals surface area contributed by atoms with Gasteiger partial charge in [0.2, 0.25) is 11.7 Å². The Morgan fingerprint density at radius 2 is 1.29 bits per heavy atom. The highest BCUT2D eigenvalue weighted by atomic mass is 16.5. The highest BCUT2D eigenvalue weighted by Crippen LogP contribution is 2.44. The van der Waals surface area contributed by atoms with Gasteiger partial charge in [0.05, 0.1) is 16.6 Å². The first-order valence-electron chi connectivity index (χ1n) is 18.2. The first kappa shape index (κ1) is 35.2. The van der Waals surface area contributed by atoms with Crippen LogP contribution < -0.4 is 4.74 Å². The number of benzene rings is 3. The molecule has 0 bridgehead atoms. The van der Waals surface area contributed by atoms with E-state index >= 15 is 0 Å². The van der Waals surface area contributed by atoms with Gasteiger partial charge in [0, 0.05) is 23.4 Å². The Kier molecular flexibility index (Phi) is 8.09. The summed E-state index contributed by atoms with van der Waals surface area (Å²) < 4.78 is 10.9. The summed E-state index contributed by atoms with van der Waals surface area (Å²) in [6, 6.07) is 26.9. The van der Waals surface area contributed by atoms with Crippen molar-refractivity contribution in [1.82, 2.24) is 23.9 Å². The lowest BCUT2D eigenvalue weighted by molar-refractivity contribution is 0.446. The number of imidazole rings is 2. The van der Waals surface area contributed by atoms with Crippen LogP contribution in [0.1, 0.15) is 105 Å². The fourth-order valence-corrected chi connectivity index (χ4v) is 6.76. The third-order valence-electron chi connectivity index (χ3n) is 9.96. The van der Waals surface area contributed by atoms with Gasteiger partial charge in [0.15, 0.2) is 5.65 Å². The summed E-state index contributed by atoms with van der Waals surface area (Å²) in [6.07, 6.45) is 1.86. The number of pyridine rings is 2. The average Bonchev–Trinajstić information content (AvgIpc) is 3.57. The summed E-state index contributed by atoms with van der Waals surface area (Å²) in [5.41, 5.74) is 8.95. The van der Waals surface area contributed by atoms with E-state index in [2.05, 4.69) is 130 Å². The molecule has 7 aromatic rings. The van der Waals surface area contributed by atoms with E-state index in [4.69, 9.17) is 19.7 Å². The number of fused-ring (bicyclic) bond motifs is 5. The number of hydrogen-bond donors (Lipinski definition) is 1. The van der Waals surface area contributed by atoms with Gasteiger partial charge in [0.1, 0.15) is 17.3 Å². The molecule has 7 nitrogen and oxygen atoms in total. The molecular formula is C45H51N5O2. The van der Waals surface area contributed by atoms with E-state index in [1.54, 1.807) is 0 Å². The second-order valence-corrected chi connectivity index (χ2v) is 18.2. The van der Waals surface area contributed by atoms with Crippen LogP contribution in [0.2, 0.25) is 0 Å². The highest BCUT2D eigenvalue weighted by Gasteiger charge is 2.27. The van der Waals surface area contributed by atoms with Crippen molar-refractivity contribution in [1.29, 1.82) is 0 Å². The van der Waals surface area contributed by atoms with Gasteiger partial charge in [-0.15, -0.1) is 0 Å². The molecule has 0 aliphatic rings. The lowest BCUT2D eigenvalue weighted by atomic mass is 9.77. The maximum Gasteiger partial charge on any atom is 0.223 e. The van der Waals surface area contributed by atoms with Crippen molar-refractivity contribution in [2.24, 2.45) is 0 Å². The highest BCUT2D eigenvalue weighted by molar-refractivity contribution is 5.90. The minimum atomic E-state index is -0.248. The molecule has 0 fully saturated rings. The van der Waals surface area contributed by atoms with Crippen molar-refractivity contribution in [3.05, 3.63) is 107 Å². The van der Waals surface area contributed by atoms with Crippen molar-refractivity contribution in [3.63, 3.8) is 0 Å². The minimum Gasteiger partial charge on any atom is -0.507 e. The van der Waals surface area contributed by atoms with Crippen molar-refractivity contribution >= 4 is 28.0 Å². The molecule has 0 amide bonds. The van der Waals surface area contributed by atoms with Gasteiger partial charge in [-0.25, -0.2) is 14.5 Å². The molecule has 0 spiro atoms. The molecule has 52 heavy (non-hydrogen) atoms. The van der Waals surface area contributed by atoms with Crippen LogP contribution in [0.4, 0.5) is 0 Å². The third kappa shape index (κ3) is 6.31. The molecule has 0 saturated heterocycles. The van der Waals surface area contributed by atoms with E-state index in [0.29, 0.717) is 23.0 Å². The average molecular weight is 694 g/mol. The molecule has 4 aromatic heterocycles. The molecule has 0 saturated carbocycles. The van der Waals surface area contributed by atoms with Gasteiger partial charge in [0.25, 0.3) is 0 Å². The number of aromatic nitrogens is 5. The SMILES string of the molecule is CC(C)(C)c1cc(Oc2ccc3c(n2)n(-c2cc(C(C)(C)C)ccn2)c2nc4ccccc4n32)cc(-c2cc(C(C)(C)C)cc(C(C)(C)C)c2O)c1. The van der Waals surface area contributed by atoms with Crippen molar-refractivity contribution < 1.29 is 9.84 Å². The maximum atomic E-state index is 11.8. The summed E-state index contributed by atoms with van der Waals surface area (Å²) in [5.74, 6) is 2.88. The number of ether oxygens (including phenoxy) is 1. The molecule has 268 valence electrons. The summed E-state index contributed by atoms with van der Waals surface area (Å²) >= 11 is 0. The standard InChI is InChI=1S/C45H51N5O2/c1-42(2,3)28-19-20-46-37(26-28)50-40-36(49-35-16-14-13-15-34(35)47-41(49)50)17-18-38(48-40)52-31-22-27(21-29(23-31)43(4,5)6)32-24-30(44(7,8)9)25-33(39(32)51)45(10,11)12/h13-26,51H,1-12H3. The fraction of sp³-hybridized carbons (Fsp3) is 0.356. The summed E-state index contributed by atoms with van der Waals surface area (Å²) in [5, 5.41) is 11.8. The van der Waals surface area contributed by atoms with Gasteiger partial charge in [-0.2, -0.15) is 4.98 Å². The van der Waals surface area contributed by atoms with Crippen LogP contribution >= 0.6 is 0 Å². The zero-order valence-corrected chi connectivity index (χ0v) is 32.7. The molecular weight excluding hydrogens is 643 g/mol. The molecule has 0 aliphatic carbocycles. The Balaban J connectivity index is 1.42. The van der Waals surface area contributed by atoms with Crippen LogP contribution in [0.3, 0.4) is 0 Å². The van der Waals surface area contributed by atoms with Gasteiger partial charge < -0.3 is 9.84 Å². The number of para-hydroxylation sites is 2. The van der Waals surface area contributed by atoms with Gasteiger partial charge in [-0.05, 0) is 92.4 Å². The van der Waals surface area contributed by atoms with Crippen LogP contribution in [0, 0.1) is 0 Å². The number of phenolic OH excluding ortho intramolecular Hbond substituents is 1. The minimum absolute atomic E-state index is 0.0664. The lowest BCUT2D eigenvalue weighted by Crippen LogP contribution is -2.17. The van der Waals surface area contributed by atoms with Crippen molar-refractivity contribution in [2.75, 3.05) is 0 Å². The zero-order chi connectivity index (χ0) is 37.5. The van der Waals surface area contributed by atoms with E-state index in [1.165, 1.54) is 11.1 Å². The van der Waals surface area contributed by atoms with Crippen LogP contribution in [0.25, 0.3) is 44.9 Å². The first-order valence-corrected chi connectivity index (χ1v) is 18.2. The summed E-state index contributed by atoms with van der Waals surface area (Å²) in [6.45, 7) is 26.2. The molecule has 7 rings (SSSR count). The largest absolute Gasteiger partial charge is 0.507 e. The van der Waals surface area contributed by atoms with Crippen LogP contribution in [0.15, 0.2) is 85.1 Å². The smallest absolute Gasteiger partial charge is 0.223 e. The monoisotopic (exact) mass is 693 g/mol. The van der Waals surface area contributed by atoms with Crippen LogP contribution in [-0.2, 0) is 21.7 Å². The lowest BCUT2D eigenvalue weighted by Gasteiger charge is -2.28. The van der Waals surface area contributed by atoms with Gasteiger partial charge in [-0.3, -0.25) is 4.40 Å². The van der Waals surface area contributed by atoms with E-state index in [-0.39, 0.29) is 21.7 Å². The van der Waals surface area contributed by atoms with Crippen LogP contribution in [-0.4, -0.2) is 29.0 Å². The van der Waals surface area contributed by atoms with E-state index in [9.17, 15) is 5.11 Å². The Morgan fingerprint density at radius 1 is 0.615 bits per heavy atom. The number of hydrogen-bond acceptors (Lipinski definition) is 5. The van der Waals surface area contributed by atoms with Gasteiger partial charge in [-0.1, -0.05) is 107 Å². The third-order valence-corrected chi connectivity index (χ3v) is 9.96. The van der Waals surface area contributed by atoms with Gasteiger partial charge >= 0.3 is 0 Å². The molecule has 4 heterocycles. The van der Waals surface area contributed by atoms with E-state index in [0.717, 1.165) is 50.4 Å². The predicted molar refractivity (Wildman–Crippen MR) is 214 cm³/mol. The Labute approximate surface area is 307 Å². The van der Waals surface area contributed by atoms with Crippen molar-refractivity contribution in [3.8, 4) is 34.3 Å². The van der Waals surface area contributed by atoms with Crippen LogP contribution in [0.5, 0.6) is 17.4 Å². The maximum absolute atomic E-state index is 11.8. The fourth-order valence-electron chi connectivity index (χ4n) is 6.76. The molecule has 0 radical (unpaired) electrons. The second-order valence-electron chi connectivity index (χ2n) is 18.2. The summed E-state index contributed by atoms with van der Waals surface area (Å²) in [7, 11) is 0. The second kappa shape index (κ2) is 11.9. The van der Waals surface area contributed by atoms with E-state index < -0.39 is 0 Å². The molecule has 0 atom stereocenters. The van der Waals surface area contributed by atoms with Crippen molar-refractivity contribution in [2.45, 2.75) is 105 Å². The number of nitrogens with zero attached hydrogens (tertiary/aromatic N) is 5.